The van der Waals surface area contributed by atoms with E-state index in [2.05, 4.69) is 42.4 Å². The second-order valence-corrected chi connectivity index (χ2v) is 9.72. The highest BCUT2D eigenvalue weighted by atomic mass is 32.1. The highest BCUT2D eigenvalue weighted by Gasteiger charge is 2.17. The number of amides is 1. The molecular weight excluding hydrogens is 426 g/mol. The van der Waals surface area contributed by atoms with Gasteiger partial charge in [0.2, 0.25) is 11.8 Å². The molecule has 0 aliphatic carbocycles. The molecule has 8 heteroatoms. The Balaban J connectivity index is 1.75. The Morgan fingerprint density at radius 1 is 1.09 bits per heavy atom. The zero-order valence-electron chi connectivity index (χ0n) is 19.1. The van der Waals surface area contributed by atoms with Crippen molar-refractivity contribution in [2.24, 2.45) is 5.92 Å². The number of aromatic nitrogens is 2. The Labute approximate surface area is 191 Å². The topological polar surface area (TPSA) is 105 Å². The molecule has 0 unspecified atom stereocenters. The molecular formula is C24H29N3O4S. The zero-order valence-corrected chi connectivity index (χ0v) is 19.9. The van der Waals surface area contributed by atoms with E-state index in [4.69, 9.17) is 9.52 Å². The summed E-state index contributed by atoms with van der Waals surface area (Å²) in [4.78, 5) is 24.7. The predicted octanol–water partition coefficient (Wildman–Crippen LogP) is 4.72. The van der Waals surface area contributed by atoms with Gasteiger partial charge in [-0.1, -0.05) is 13.8 Å². The largest absolute Gasteiger partial charge is 0.480 e. The SMILES string of the molecule is Cc1cc(-c2nnc(-c3cc(CC(C)C)c(C)s3)o2)cc(C)c1CCC(=O)NCC(=O)O. The summed E-state index contributed by atoms with van der Waals surface area (Å²) in [6.45, 7) is 10.1. The lowest BCUT2D eigenvalue weighted by Gasteiger charge is -2.11. The third-order valence-electron chi connectivity index (χ3n) is 5.27. The third kappa shape index (κ3) is 5.82. The van der Waals surface area contributed by atoms with Crippen LogP contribution < -0.4 is 5.32 Å². The van der Waals surface area contributed by atoms with Crippen molar-refractivity contribution in [3.05, 3.63) is 45.3 Å². The number of nitrogens with zero attached hydrogens (tertiary/aromatic N) is 2. The van der Waals surface area contributed by atoms with E-state index in [-0.39, 0.29) is 18.9 Å². The van der Waals surface area contributed by atoms with Crippen molar-refractivity contribution in [3.63, 3.8) is 0 Å². The van der Waals surface area contributed by atoms with Gasteiger partial charge >= 0.3 is 5.97 Å². The van der Waals surface area contributed by atoms with Gasteiger partial charge in [-0.15, -0.1) is 21.5 Å². The maximum atomic E-state index is 11.8. The summed E-state index contributed by atoms with van der Waals surface area (Å²) in [5.74, 6) is 0.246. The van der Waals surface area contributed by atoms with Crippen LogP contribution in [0, 0.1) is 26.7 Å². The van der Waals surface area contributed by atoms with Crippen LogP contribution in [0.25, 0.3) is 22.2 Å². The molecule has 0 saturated carbocycles. The molecule has 2 N–H and O–H groups in total. The lowest BCUT2D eigenvalue weighted by molar-refractivity contribution is -0.137. The van der Waals surface area contributed by atoms with Crippen molar-refractivity contribution in [1.29, 1.82) is 0 Å². The van der Waals surface area contributed by atoms with Crippen molar-refractivity contribution in [2.75, 3.05) is 6.54 Å². The molecule has 32 heavy (non-hydrogen) atoms. The van der Waals surface area contributed by atoms with Crippen LogP contribution >= 0.6 is 11.3 Å². The van der Waals surface area contributed by atoms with E-state index in [1.165, 1.54) is 10.4 Å². The molecule has 2 heterocycles. The van der Waals surface area contributed by atoms with Crippen LogP contribution in [0.4, 0.5) is 0 Å². The normalized spacial score (nSPS) is 11.2. The first-order valence-electron chi connectivity index (χ1n) is 10.7. The van der Waals surface area contributed by atoms with Gasteiger partial charge in [-0.05, 0) is 80.0 Å². The molecule has 0 aliphatic heterocycles. The van der Waals surface area contributed by atoms with Crippen LogP contribution in [0.5, 0.6) is 0 Å². The van der Waals surface area contributed by atoms with Crippen molar-refractivity contribution < 1.29 is 19.1 Å². The summed E-state index contributed by atoms with van der Waals surface area (Å²) in [6.07, 6.45) is 1.79. The van der Waals surface area contributed by atoms with Crippen molar-refractivity contribution >= 4 is 23.2 Å². The second-order valence-electron chi connectivity index (χ2n) is 8.46. The number of carboxylic acid groups (broad SMARTS) is 1. The molecule has 1 aromatic carbocycles. The minimum absolute atomic E-state index is 0.232. The van der Waals surface area contributed by atoms with E-state index in [1.54, 1.807) is 11.3 Å². The van der Waals surface area contributed by atoms with Gasteiger partial charge in [-0.2, -0.15) is 0 Å². The number of aryl methyl sites for hydroxylation is 3. The Bertz CT molecular complexity index is 1110. The minimum Gasteiger partial charge on any atom is -0.480 e. The second kappa shape index (κ2) is 10.1. The van der Waals surface area contributed by atoms with Crippen LogP contribution in [-0.2, 0) is 22.4 Å². The molecule has 2 aromatic heterocycles. The van der Waals surface area contributed by atoms with Gasteiger partial charge in [0, 0.05) is 16.9 Å². The molecule has 1 amide bonds. The first-order chi connectivity index (χ1) is 15.1. The van der Waals surface area contributed by atoms with E-state index in [1.807, 2.05) is 26.0 Å². The molecule has 0 fully saturated rings. The molecule has 170 valence electrons. The van der Waals surface area contributed by atoms with Crippen molar-refractivity contribution in [2.45, 2.75) is 53.9 Å². The van der Waals surface area contributed by atoms with Gasteiger partial charge in [0.05, 0.1) is 4.88 Å². The fourth-order valence-electron chi connectivity index (χ4n) is 3.72. The highest BCUT2D eigenvalue weighted by Crippen LogP contribution is 2.33. The summed E-state index contributed by atoms with van der Waals surface area (Å²) >= 11 is 1.67. The first kappa shape index (κ1) is 23.7. The van der Waals surface area contributed by atoms with Crippen LogP contribution in [0.3, 0.4) is 0 Å². The smallest absolute Gasteiger partial charge is 0.322 e. The van der Waals surface area contributed by atoms with E-state index in [0.29, 0.717) is 24.1 Å². The number of carbonyl (C=O) groups excluding carboxylic acids is 1. The molecule has 7 nitrogen and oxygen atoms in total. The molecule has 0 aliphatic rings. The minimum atomic E-state index is -1.05. The average molecular weight is 456 g/mol. The number of thiophene rings is 1. The van der Waals surface area contributed by atoms with E-state index in [9.17, 15) is 9.59 Å². The van der Waals surface area contributed by atoms with Crippen LogP contribution in [0.15, 0.2) is 22.6 Å². The lowest BCUT2D eigenvalue weighted by atomic mass is 9.95. The third-order valence-corrected chi connectivity index (χ3v) is 6.35. The number of carbonyl (C=O) groups is 2. The summed E-state index contributed by atoms with van der Waals surface area (Å²) in [5, 5.41) is 19.6. The fourth-order valence-corrected chi connectivity index (χ4v) is 4.69. The number of nitrogens with one attached hydrogen (secondary N) is 1. The van der Waals surface area contributed by atoms with E-state index >= 15 is 0 Å². The summed E-state index contributed by atoms with van der Waals surface area (Å²) in [6, 6.07) is 6.11. The predicted molar refractivity (Wildman–Crippen MR) is 125 cm³/mol. The first-order valence-corrected chi connectivity index (χ1v) is 11.5. The van der Waals surface area contributed by atoms with Gasteiger partial charge in [-0.25, -0.2) is 0 Å². The van der Waals surface area contributed by atoms with Crippen LogP contribution in [-0.4, -0.2) is 33.7 Å². The standard InChI is InChI=1S/C24H29N3O4S/c1-13(2)8-17-11-20(32-16(17)5)24-27-26-23(31-24)18-9-14(3)19(15(4)10-18)6-7-21(28)25-12-22(29)30/h9-11,13H,6-8,12H2,1-5H3,(H,25,28)(H,29,30). The average Bonchev–Trinajstić information content (AvgIpc) is 3.32. The van der Waals surface area contributed by atoms with Crippen LogP contribution in [0.2, 0.25) is 0 Å². The Morgan fingerprint density at radius 2 is 1.75 bits per heavy atom. The van der Waals surface area contributed by atoms with Gasteiger partial charge < -0.3 is 14.8 Å². The number of benzene rings is 1. The monoisotopic (exact) mass is 455 g/mol. The number of aliphatic carboxylic acids is 1. The molecule has 3 aromatic rings. The van der Waals surface area contributed by atoms with Crippen LogP contribution in [0.1, 0.15) is 47.4 Å². The summed E-state index contributed by atoms with van der Waals surface area (Å²) in [5.41, 5.74) is 5.27. The number of rotatable bonds is 9. The fraction of sp³-hybridized carbons (Fsp3) is 0.417. The van der Waals surface area contributed by atoms with Crippen molar-refractivity contribution in [3.8, 4) is 22.2 Å². The van der Waals surface area contributed by atoms with Gasteiger partial charge in [-0.3, -0.25) is 9.59 Å². The van der Waals surface area contributed by atoms with E-state index < -0.39 is 5.97 Å². The molecule has 0 bridgehead atoms. The maximum absolute atomic E-state index is 11.8. The Kier molecular flexibility index (Phi) is 7.45. The van der Waals surface area contributed by atoms with Gasteiger partial charge in [0.25, 0.3) is 5.89 Å². The number of carboxylic acids is 1. The molecule has 0 spiro atoms. The Hall–Kier alpha value is -3.00. The highest BCUT2D eigenvalue weighted by molar-refractivity contribution is 7.15. The van der Waals surface area contributed by atoms with Crippen molar-refractivity contribution in [1.82, 2.24) is 15.5 Å². The molecule has 0 atom stereocenters. The summed E-state index contributed by atoms with van der Waals surface area (Å²) in [7, 11) is 0. The number of hydrogen-bond donors (Lipinski definition) is 2. The lowest BCUT2D eigenvalue weighted by Crippen LogP contribution is -2.29. The molecule has 3 rings (SSSR count). The molecule has 0 radical (unpaired) electrons. The van der Waals surface area contributed by atoms with Gasteiger partial charge in [0.1, 0.15) is 6.54 Å². The molecule has 0 saturated heterocycles. The summed E-state index contributed by atoms with van der Waals surface area (Å²) < 4.78 is 6.00. The van der Waals surface area contributed by atoms with Gasteiger partial charge in [0.15, 0.2) is 0 Å². The zero-order chi connectivity index (χ0) is 23.4. The maximum Gasteiger partial charge on any atom is 0.322 e. The quantitative estimate of drug-likeness (QED) is 0.484. The van der Waals surface area contributed by atoms with E-state index in [0.717, 1.165) is 33.6 Å². The number of hydrogen-bond acceptors (Lipinski definition) is 6. The Morgan fingerprint density at radius 3 is 2.38 bits per heavy atom.